The summed E-state index contributed by atoms with van der Waals surface area (Å²) in [5.41, 5.74) is 3.47. The van der Waals surface area contributed by atoms with Gasteiger partial charge in [0.2, 0.25) is 0 Å². The summed E-state index contributed by atoms with van der Waals surface area (Å²) < 4.78 is 1.89. The molecule has 0 aliphatic heterocycles. The fraction of sp³-hybridized carbons (Fsp3) is 0.727. The molecule has 0 aromatic carbocycles. The minimum atomic E-state index is -0.315. The van der Waals surface area contributed by atoms with E-state index in [2.05, 4.69) is 24.3 Å². The predicted octanol–water partition coefficient (Wildman–Crippen LogP) is 1.07. The normalized spacial score (nSPS) is 15.3. The molecule has 0 fully saturated rings. The van der Waals surface area contributed by atoms with Gasteiger partial charge >= 0.3 is 0 Å². The first-order valence-electron chi connectivity index (χ1n) is 5.35. The molecule has 0 aliphatic carbocycles. The van der Waals surface area contributed by atoms with Gasteiger partial charge in [0, 0.05) is 30.9 Å². The lowest BCUT2D eigenvalue weighted by atomic mass is 10.1. The fourth-order valence-corrected chi connectivity index (χ4v) is 1.87. The molecule has 0 saturated carbocycles. The molecule has 0 radical (unpaired) electrons. The van der Waals surface area contributed by atoms with Gasteiger partial charge in [0.15, 0.2) is 0 Å². The Hall–Kier alpha value is -0.870. The quantitative estimate of drug-likeness (QED) is 0.783. The minimum absolute atomic E-state index is 0.230. The van der Waals surface area contributed by atoms with Crippen molar-refractivity contribution < 1.29 is 5.11 Å². The highest BCUT2D eigenvalue weighted by atomic mass is 16.3. The standard InChI is InChI=1S/C11H21N3O/c1-7(15)6-12-8(2)11-9(3)13-14(5)10(11)4/h7-8,12,15H,6H2,1-5H3/t7-,8?/m1/s1. The molecule has 1 aromatic heterocycles. The van der Waals surface area contributed by atoms with Gasteiger partial charge in [0.1, 0.15) is 0 Å². The topological polar surface area (TPSA) is 50.1 Å². The van der Waals surface area contributed by atoms with E-state index in [1.807, 2.05) is 18.7 Å². The van der Waals surface area contributed by atoms with Crippen LogP contribution in [0.2, 0.25) is 0 Å². The van der Waals surface area contributed by atoms with Gasteiger partial charge < -0.3 is 10.4 Å². The van der Waals surface area contributed by atoms with Gasteiger partial charge in [-0.15, -0.1) is 0 Å². The number of nitrogens with zero attached hydrogens (tertiary/aromatic N) is 2. The molecule has 1 aromatic rings. The van der Waals surface area contributed by atoms with Gasteiger partial charge in [-0.2, -0.15) is 5.10 Å². The highest BCUT2D eigenvalue weighted by molar-refractivity contribution is 5.27. The number of hydrogen-bond acceptors (Lipinski definition) is 3. The van der Waals surface area contributed by atoms with E-state index in [-0.39, 0.29) is 12.1 Å². The minimum Gasteiger partial charge on any atom is -0.392 e. The van der Waals surface area contributed by atoms with Crippen molar-refractivity contribution in [3.8, 4) is 0 Å². The van der Waals surface area contributed by atoms with Crippen LogP contribution in [0.15, 0.2) is 0 Å². The van der Waals surface area contributed by atoms with Gasteiger partial charge in [-0.3, -0.25) is 4.68 Å². The maximum absolute atomic E-state index is 9.21. The van der Waals surface area contributed by atoms with Crippen LogP contribution in [-0.4, -0.2) is 27.5 Å². The molecule has 0 amide bonds. The second-order valence-corrected chi connectivity index (χ2v) is 4.19. The van der Waals surface area contributed by atoms with Crippen molar-refractivity contribution in [3.05, 3.63) is 17.0 Å². The molecule has 4 nitrogen and oxygen atoms in total. The molecule has 86 valence electrons. The third kappa shape index (κ3) is 2.79. The van der Waals surface area contributed by atoms with Crippen molar-refractivity contribution in [2.24, 2.45) is 7.05 Å². The summed E-state index contributed by atoms with van der Waals surface area (Å²) in [5, 5.41) is 16.9. The molecular weight excluding hydrogens is 190 g/mol. The molecule has 15 heavy (non-hydrogen) atoms. The summed E-state index contributed by atoms with van der Waals surface area (Å²) in [6, 6.07) is 0.230. The lowest BCUT2D eigenvalue weighted by molar-refractivity contribution is 0.187. The van der Waals surface area contributed by atoms with Gasteiger partial charge in [0.05, 0.1) is 11.8 Å². The lowest BCUT2D eigenvalue weighted by Gasteiger charge is -2.15. The molecular formula is C11H21N3O. The summed E-state index contributed by atoms with van der Waals surface area (Å²) in [6.07, 6.45) is -0.315. The van der Waals surface area contributed by atoms with Gasteiger partial charge in [-0.05, 0) is 27.7 Å². The molecule has 0 aliphatic rings. The predicted molar refractivity (Wildman–Crippen MR) is 60.8 cm³/mol. The van der Waals surface area contributed by atoms with E-state index in [0.29, 0.717) is 6.54 Å². The smallest absolute Gasteiger partial charge is 0.0644 e. The van der Waals surface area contributed by atoms with Crippen LogP contribution in [-0.2, 0) is 7.05 Å². The van der Waals surface area contributed by atoms with Crippen molar-refractivity contribution in [1.82, 2.24) is 15.1 Å². The average molecular weight is 211 g/mol. The zero-order valence-corrected chi connectivity index (χ0v) is 10.2. The van der Waals surface area contributed by atoms with Crippen molar-refractivity contribution >= 4 is 0 Å². The highest BCUT2D eigenvalue weighted by Crippen LogP contribution is 2.20. The van der Waals surface area contributed by atoms with Crippen molar-refractivity contribution in [2.75, 3.05) is 6.54 Å². The van der Waals surface area contributed by atoms with Crippen LogP contribution in [0.4, 0.5) is 0 Å². The van der Waals surface area contributed by atoms with E-state index in [9.17, 15) is 5.11 Å². The first-order valence-corrected chi connectivity index (χ1v) is 5.35. The molecule has 2 atom stereocenters. The summed E-state index contributed by atoms with van der Waals surface area (Å²) in [5.74, 6) is 0. The van der Waals surface area contributed by atoms with Crippen LogP contribution in [0.1, 0.15) is 36.8 Å². The number of aliphatic hydroxyl groups excluding tert-OH is 1. The van der Waals surface area contributed by atoms with Crippen LogP contribution in [0, 0.1) is 13.8 Å². The molecule has 1 unspecified atom stereocenters. The molecule has 0 saturated heterocycles. The summed E-state index contributed by atoms with van der Waals surface area (Å²) in [4.78, 5) is 0. The molecule has 2 N–H and O–H groups in total. The highest BCUT2D eigenvalue weighted by Gasteiger charge is 2.15. The van der Waals surface area contributed by atoms with Crippen molar-refractivity contribution in [1.29, 1.82) is 0 Å². The Labute approximate surface area is 91.3 Å². The van der Waals surface area contributed by atoms with E-state index in [0.717, 1.165) is 5.69 Å². The second kappa shape index (κ2) is 4.77. The van der Waals surface area contributed by atoms with Gasteiger partial charge in [-0.25, -0.2) is 0 Å². The summed E-state index contributed by atoms with van der Waals surface area (Å²) in [7, 11) is 1.95. The lowest BCUT2D eigenvalue weighted by Crippen LogP contribution is -2.27. The number of rotatable bonds is 4. The SMILES string of the molecule is Cc1nn(C)c(C)c1C(C)NC[C@@H](C)O. The van der Waals surface area contributed by atoms with E-state index >= 15 is 0 Å². The van der Waals surface area contributed by atoms with Crippen molar-refractivity contribution in [3.63, 3.8) is 0 Å². The van der Waals surface area contributed by atoms with Gasteiger partial charge in [0.25, 0.3) is 0 Å². The Bertz CT molecular complexity index is 331. The zero-order valence-electron chi connectivity index (χ0n) is 10.2. The molecule has 1 rings (SSSR count). The Kier molecular flexibility index (Phi) is 3.88. The molecule has 1 heterocycles. The second-order valence-electron chi connectivity index (χ2n) is 4.19. The monoisotopic (exact) mass is 211 g/mol. The number of aromatic nitrogens is 2. The fourth-order valence-electron chi connectivity index (χ4n) is 1.87. The number of aryl methyl sites for hydroxylation is 2. The summed E-state index contributed by atoms with van der Waals surface area (Å²) in [6.45, 7) is 8.57. The third-order valence-corrected chi connectivity index (χ3v) is 2.72. The maximum atomic E-state index is 9.21. The van der Waals surface area contributed by atoms with Crippen LogP contribution in [0.3, 0.4) is 0 Å². The first-order chi connectivity index (χ1) is 6.93. The van der Waals surface area contributed by atoms with E-state index in [1.54, 1.807) is 6.92 Å². The summed E-state index contributed by atoms with van der Waals surface area (Å²) >= 11 is 0. The Morgan fingerprint density at radius 3 is 2.40 bits per heavy atom. The number of aliphatic hydroxyl groups is 1. The van der Waals surface area contributed by atoms with Crippen molar-refractivity contribution in [2.45, 2.75) is 39.8 Å². The Morgan fingerprint density at radius 1 is 1.40 bits per heavy atom. The molecule has 0 spiro atoms. The van der Waals surface area contributed by atoms with Crippen LogP contribution >= 0.6 is 0 Å². The Balaban J connectivity index is 2.77. The third-order valence-electron chi connectivity index (χ3n) is 2.72. The van der Waals surface area contributed by atoms with E-state index in [1.165, 1.54) is 11.3 Å². The van der Waals surface area contributed by atoms with Crippen LogP contribution in [0.5, 0.6) is 0 Å². The Morgan fingerprint density at radius 2 is 2.00 bits per heavy atom. The molecule has 4 heteroatoms. The molecule has 0 bridgehead atoms. The first kappa shape index (κ1) is 12.2. The largest absolute Gasteiger partial charge is 0.392 e. The number of hydrogen-bond donors (Lipinski definition) is 2. The zero-order chi connectivity index (χ0) is 11.6. The van der Waals surface area contributed by atoms with Crippen LogP contribution < -0.4 is 5.32 Å². The van der Waals surface area contributed by atoms with Gasteiger partial charge in [-0.1, -0.05) is 0 Å². The number of nitrogens with one attached hydrogen (secondary N) is 1. The van der Waals surface area contributed by atoms with E-state index in [4.69, 9.17) is 0 Å². The average Bonchev–Trinajstić information content (AvgIpc) is 2.37. The van der Waals surface area contributed by atoms with E-state index < -0.39 is 0 Å². The van der Waals surface area contributed by atoms with Crippen LogP contribution in [0.25, 0.3) is 0 Å². The maximum Gasteiger partial charge on any atom is 0.0644 e.